The van der Waals surface area contributed by atoms with E-state index in [0.29, 0.717) is 36.0 Å². The SMILES string of the molecule is CC1(c2cnc3c(c2)[C@]2(COC(N)=N2)c2cc(-c4cccnc4F)ccc2O3)COC1. The molecule has 2 aromatic heterocycles. The van der Waals surface area contributed by atoms with Crippen molar-refractivity contribution in [1.82, 2.24) is 9.97 Å². The molecule has 31 heavy (non-hydrogen) atoms. The molecule has 2 N–H and O–H groups in total. The number of hydrogen-bond acceptors (Lipinski definition) is 7. The van der Waals surface area contributed by atoms with E-state index in [1.165, 1.54) is 6.20 Å². The van der Waals surface area contributed by atoms with Crippen molar-refractivity contribution in [3.05, 3.63) is 71.4 Å². The second-order valence-electron chi connectivity index (χ2n) is 8.38. The minimum atomic E-state index is -0.925. The van der Waals surface area contributed by atoms with Crippen molar-refractivity contribution in [3.63, 3.8) is 0 Å². The fraction of sp³-hybridized carbons (Fsp3) is 0.261. The maximum absolute atomic E-state index is 14.4. The van der Waals surface area contributed by atoms with Crippen LogP contribution < -0.4 is 10.5 Å². The Kier molecular flexibility index (Phi) is 3.68. The van der Waals surface area contributed by atoms with Gasteiger partial charge in [0.05, 0.1) is 18.8 Å². The van der Waals surface area contributed by atoms with Gasteiger partial charge >= 0.3 is 0 Å². The summed E-state index contributed by atoms with van der Waals surface area (Å²) in [6, 6.07) is 11.0. The van der Waals surface area contributed by atoms with Gasteiger partial charge < -0.3 is 19.9 Å². The molecule has 3 aliphatic heterocycles. The number of hydrogen-bond donors (Lipinski definition) is 1. The summed E-state index contributed by atoms with van der Waals surface area (Å²) in [7, 11) is 0. The second-order valence-corrected chi connectivity index (χ2v) is 8.38. The van der Waals surface area contributed by atoms with Crippen LogP contribution in [0.3, 0.4) is 0 Å². The zero-order valence-electron chi connectivity index (χ0n) is 16.8. The number of aromatic nitrogens is 2. The summed E-state index contributed by atoms with van der Waals surface area (Å²) in [6.07, 6.45) is 3.24. The van der Waals surface area contributed by atoms with Crippen molar-refractivity contribution < 1.29 is 18.6 Å². The van der Waals surface area contributed by atoms with E-state index in [9.17, 15) is 4.39 Å². The minimum absolute atomic E-state index is 0.0975. The van der Waals surface area contributed by atoms with Gasteiger partial charge in [-0.3, -0.25) is 0 Å². The maximum Gasteiger partial charge on any atom is 0.283 e. The molecule has 1 fully saturated rings. The van der Waals surface area contributed by atoms with Crippen LogP contribution in [0.4, 0.5) is 4.39 Å². The molecule has 156 valence electrons. The molecule has 1 atom stereocenters. The summed E-state index contributed by atoms with van der Waals surface area (Å²) in [6.45, 7) is 3.60. The van der Waals surface area contributed by atoms with Gasteiger partial charge in [-0.2, -0.15) is 4.39 Å². The molecule has 3 aromatic rings. The second kappa shape index (κ2) is 6.24. The van der Waals surface area contributed by atoms with E-state index < -0.39 is 11.5 Å². The van der Waals surface area contributed by atoms with Crippen LogP contribution >= 0.6 is 0 Å². The summed E-state index contributed by atoms with van der Waals surface area (Å²) in [5, 5.41) is 0. The quantitative estimate of drug-likeness (QED) is 0.643. The van der Waals surface area contributed by atoms with Gasteiger partial charge in [0.15, 0.2) is 5.54 Å². The maximum atomic E-state index is 14.4. The van der Waals surface area contributed by atoms with E-state index in [4.69, 9.17) is 24.9 Å². The number of rotatable bonds is 2. The molecular weight excluding hydrogens is 399 g/mol. The van der Waals surface area contributed by atoms with Gasteiger partial charge in [-0.15, -0.1) is 0 Å². The Morgan fingerprint density at radius 3 is 2.65 bits per heavy atom. The Morgan fingerprint density at radius 2 is 1.94 bits per heavy atom. The molecule has 1 aromatic carbocycles. The Balaban J connectivity index is 1.56. The molecule has 0 aliphatic carbocycles. The van der Waals surface area contributed by atoms with E-state index in [2.05, 4.69) is 23.0 Å². The molecule has 0 amide bonds. The van der Waals surface area contributed by atoms with Crippen molar-refractivity contribution >= 4 is 6.02 Å². The van der Waals surface area contributed by atoms with Gasteiger partial charge in [0, 0.05) is 28.9 Å². The normalized spacial score (nSPS) is 22.6. The first-order valence-electron chi connectivity index (χ1n) is 9.99. The van der Waals surface area contributed by atoms with Crippen LogP contribution in [-0.2, 0) is 20.4 Å². The fourth-order valence-corrected chi connectivity index (χ4v) is 4.40. The fourth-order valence-electron chi connectivity index (χ4n) is 4.40. The van der Waals surface area contributed by atoms with E-state index >= 15 is 0 Å². The van der Waals surface area contributed by atoms with Crippen molar-refractivity contribution in [1.29, 1.82) is 0 Å². The number of aliphatic imine (C=N–C) groups is 1. The average Bonchev–Trinajstić information content (AvgIpc) is 3.15. The predicted molar refractivity (Wildman–Crippen MR) is 110 cm³/mol. The monoisotopic (exact) mass is 418 g/mol. The highest BCUT2D eigenvalue weighted by molar-refractivity contribution is 5.77. The predicted octanol–water partition coefficient (Wildman–Crippen LogP) is 3.26. The lowest BCUT2D eigenvalue weighted by Crippen LogP contribution is -2.44. The van der Waals surface area contributed by atoms with Crippen molar-refractivity contribution in [2.75, 3.05) is 19.8 Å². The van der Waals surface area contributed by atoms with Crippen molar-refractivity contribution in [2.45, 2.75) is 17.9 Å². The zero-order chi connectivity index (χ0) is 21.2. The summed E-state index contributed by atoms with van der Waals surface area (Å²) >= 11 is 0. The Labute approximate surface area is 177 Å². The van der Waals surface area contributed by atoms with E-state index in [1.54, 1.807) is 24.3 Å². The number of pyridine rings is 2. The largest absolute Gasteiger partial charge is 0.462 e. The summed E-state index contributed by atoms with van der Waals surface area (Å²) in [5.74, 6) is 0.504. The molecule has 0 radical (unpaired) electrons. The molecule has 1 saturated heterocycles. The number of nitrogens with two attached hydrogens (primary N) is 1. The lowest BCUT2D eigenvalue weighted by Gasteiger charge is -2.40. The van der Waals surface area contributed by atoms with Crippen LogP contribution in [0.1, 0.15) is 23.6 Å². The molecule has 1 spiro atoms. The molecule has 6 rings (SSSR count). The van der Waals surface area contributed by atoms with Crippen molar-refractivity contribution in [3.8, 4) is 22.8 Å². The number of halogens is 1. The van der Waals surface area contributed by atoms with E-state index in [0.717, 1.165) is 16.7 Å². The van der Waals surface area contributed by atoms with Gasteiger partial charge in [-0.1, -0.05) is 13.0 Å². The van der Waals surface area contributed by atoms with Gasteiger partial charge in [0.25, 0.3) is 6.02 Å². The topological polar surface area (TPSA) is 91.9 Å². The zero-order valence-corrected chi connectivity index (χ0v) is 16.8. The lowest BCUT2D eigenvalue weighted by molar-refractivity contribution is -0.0502. The molecule has 8 heteroatoms. The summed E-state index contributed by atoms with van der Waals surface area (Å²) in [5.41, 5.74) is 8.55. The van der Waals surface area contributed by atoms with Gasteiger partial charge in [0.1, 0.15) is 12.4 Å². The van der Waals surface area contributed by atoms with Crippen LogP contribution in [0.25, 0.3) is 11.1 Å². The molecule has 5 heterocycles. The molecule has 0 bridgehead atoms. The first-order chi connectivity index (χ1) is 15.0. The smallest absolute Gasteiger partial charge is 0.283 e. The molecular formula is C23H19FN4O3. The highest BCUT2D eigenvalue weighted by Gasteiger charge is 2.49. The summed E-state index contributed by atoms with van der Waals surface area (Å²) in [4.78, 5) is 13.1. The number of nitrogens with zero attached hydrogens (tertiary/aromatic N) is 3. The van der Waals surface area contributed by atoms with Crippen LogP contribution in [0.15, 0.2) is 53.8 Å². The molecule has 7 nitrogen and oxygen atoms in total. The van der Waals surface area contributed by atoms with Gasteiger partial charge in [-0.05, 0) is 41.5 Å². The first-order valence-corrected chi connectivity index (χ1v) is 9.99. The highest BCUT2D eigenvalue weighted by Crippen LogP contribution is 2.52. The number of ether oxygens (including phenoxy) is 3. The Bertz CT molecular complexity index is 1260. The third-order valence-electron chi connectivity index (χ3n) is 6.27. The Morgan fingerprint density at radius 1 is 1.06 bits per heavy atom. The Hall–Kier alpha value is -3.52. The standard InChI is InChI=1S/C23H19FN4O3/c1-22(10-29-11-22)14-8-17-20(27-9-14)31-18-5-4-13(15-3-2-6-26-19(15)24)7-16(18)23(17)12-30-21(25)28-23/h2-9H,10-12H2,1H3,(H2,25,28)/t23-/m0/s1. The average molecular weight is 418 g/mol. The van der Waals surface area contributed by atoms with Crippen LogP contribution in [-0.4, -0.2) is 35.8 Å². The third-order valence-corrected chi connectivity index (χ3v) is 6.27. The minimum Gasteiger partial charge on any atom is -0.462 e. The van der Waals surface area contributed by atoms with Crippen LogP contribution in [0, 0.1) is 5.95 Å². The molecule has 0 saturated carbocycles. The van der Waals surface area contributed by atoms with Crippen LogP contribution in [0.5, 0.6) is 11.6 Å². The molecule has 3 aliphatic rings. The van der Waals surface area contributed by atoms with E-state index in [-0.39, 0.29) is 18.0 Å². The number of fused-ring (bicyclic) bond motifs is 4. The van der Waals surface area contributed by atoms with E-state index in [1.807, 2.05) is 12.3 Å². The summed E-state index contributed by atoms with van der Waals surface area (Å²) < 4.78 is 31.6. The van der Waals surface area contributed by atoms with Gasteiger partial charge in [-0.25, -0.2) is 15.0 Å². The van der Waals surface area contributed by atoms with Gasteiger partial charge in [0.2, 0.25) is 11.8 Å². The third kappa shape index (κ3) is 2.58. The molecule has 0 unspecified atom stereocenters. The number of amidine groups is 1. The lowest BCUT2D eigenvalue weighted by atomic mass is 9.77. The van der Waals surface area contributed by atoms with Crippen molar-refractivity contribution in [2.24, 2.45) is 10.7 Å². The highest BCUT2D eigenvalue weighted by atomic mass is 19.1. The number of benzene rings is 1. The first kappa shape index (κ1) is 18.3. The van der Waals surface area contributed by atoms with Crippen LogP contribution in [0.2, 0.25) is 0 Å².